The normalized spacial score (nSPS) is 10.7. The Kier molecular flexibility index (Phi) is 5.16. The molecule has 3 aromatic rings. The largest absolute Gasteiger partial charge is 0.464 e. The Morgan fingerprint density at radius 1 is 1.11 bits per heavy atom. The van der Waals surface area contributed by atoms with Crippen LogP contribution in [0.5, 0.6) is 0 Å². The van der Waals surface area contributed by atoms with Gasteiger partial charge >= 0.3 is 6.09 Å². The second-order valence-corrected chi connectivity index (χ2v) is 6.45. The molecule has 0 bridgehead atoms. The van der Waals surface area contributed by atoms with E-state index in [1.807, 2.05) is 26.0 Å². The Hall–Kier alpha value is -3.28. The quantitative estimate of drug-likeness (QED) is 0.741. The number of hydrogen-bond acceptors (Lipinski definition) is 4. The van der Waals surface area contributed by atoms with Gasteiger partial charge in [0.1, 0.15) is 5.58 Å². The summed E-state index contributed by atoms with van der Waals surface area (Å²) in [7, 11) is 2.95. The van der Waals surface area contributed by atoms with Gasteiger partial charge in [-0.05, 0) is 49.2 Å². The van der Waals surface area contributed by atoms with Crippen LogP contribution in [0.1, 0.15) is 16.7 Å². The van der Waals surface area contributed by atoms with E-state index in [0.717, 1.165) is 27.7 Å². The SMILES string of the molecule is COC(=O)N(C)c1ccc(NC(=O)Cc2coc3c(C)c(C)ccc23)cc1. The standard InChI is InChI=1S/C21H22N2O4/c1-13-5-10-18-15(12-27-20(18)14(13)2)11-19(24)22-16-6-8-17(9-7-16)23(3)21(25)26-4/h5-10,12H,11H2,1-4H3,(H,22,24). The maximum Gasteiger partial charge on any atom is 0.413 e. The number of hydrogen-bond donors (Lipinski definition) is 1. The molecule has 0 unspecified atom stereocenters. The van der Waals surface area contributed by atoms with Crippen LogP contribution < -0.4 is 10.2 Å². The number of ether oxygens (including phenoxy) is 1. The van der Waals surface area contributed by atoms with Crippen LogP contribution in [0.3, 0.4) is 0 Å². The van der Waals surface area contributed by atoms with Gasteiger partial charge in [-0.25, -0.2) is 4.79 Å². The van der Waals surface area contributed by atoms with E-state index in [-0.39, 0.29) is 12.3 Å². The first-order valence-corrected chi connectivity index (χ1v) is 8.58. The van der Waals surface area contributed by atoms with E-state index in [0.29, 0.717) is 11.4 Å². The molecule has 0 aliphatic heterocycles. The van der Waals surface area contributed by atoms with Crippen molar-refractivity contribution in [2.75, 3.05) is 24.4 Å². The van der Waals surface area contributed by atoms with Crippen LogP contribution in [-0.2, 0) is 16.0 Å². The molecule has 1 heterocycles. The Labute approximate surface area is 157 Å². The maximum atomic E-state index is 12.4. The lowest BCUT2D eigenvalue weighted by Crippen LogP contribution is -2.25. The highest BCUT2D eigenvalue weighted by molar-refractivity contribution is 5.96. The number of nitrogens with one attached hydrogen (secondary N) is 1. The third-order valence-corrected chi connectivity index (χ3v) is 4.68. The predicted molar refractivity (Wildman–Crippen MR) is 105 cm³/mol. The molecule has 0 atom stereocenters. The molecule has 0 radical (unpaired) electrons. The molecule has 6 nitrogen and oxygen atoms in total. The number of carbonyl (C=O) groups excluding carboxylic acids is 2. The molecule has 6 heteroatoms. The smallest absolute Gasteiger partial charge is 0.413 e. The van der Waals surface area contributed by atoms with E-state index in [2.05, 4.69) is 10.1 Å². The highest BCUT2D eigenvalue weighted by Crippen LogP contribution is 2.27. The molecule has 0 aliphatic rings. The van der Waals surface area contributed by atoms with Crippen LogP contribution in [0.25, 0.3) is 11.0 Å². The lowest BCUT2D eigenvalue weighted by molar-refractivity contribution is -0.115. The molecule has 0 saturated carbocycles. The van der Waals surface area contributed by atoms with Crippen LogP contribution in [0.2, 0.25) is 0 Å². The number of fused-ring (bicyclic) bond motifs is 1. The lowest BCUT2D eigenvalue weighted by atomic mass is 10.0. The number of methoxy groups -OCH3 is 1. The van der Waals surface area contributed by atoms with Crippen LogP contribution in [0.15, 0.2) is 47.1 Å². The topological polar surface area (TPSA) is 71.8 Å². The zero-order valence-electron chi connectivity index (χ0n) is 15.8. The van der Waals surface area contributed by atoms with Crippen molar-refractivity contribution in [3.63, 3.8) is 0 Å². The van der Waals surface area contributed by atoms with Gasteiger partial charge in [-0.1, -0.05) is 12.1 Å². The van der Waals surface area contributed by atoms with Gasteiger partial charge < -0.3 is 14.5 Å². The van der Waals surface area contributed by atoms with Crippen LogP contribution in [0, 0.1) is 13.8 Å². The maximum absolute atomic E-state index is 12.4. The number of aryl methyl sites for hydroxylation is 2. The Bertz CT molecular complexity index is 989. The van der Waals surface area contributed by atoms with Crippen LogP contribution >= 0.6 is 0 Å². The number of anilines is 2. The lowest BCUT2D eigenvalue weighted by Gasteiger charge is -2.15. The van der Waals surface area contributed by atoms with Crippen molar-refractivity contribution in [3.05, 3.63) is 59.4 Å². The number of benzene rings is 2. The highest BCUT2D eigenvalue weighted by atomic mass is 16.5. The van der Waals surface area contributed by atoms with E-state index >= 15 is 0 Å². The van der Waals surface area contributed by atoms with E-state index in [9.17, 15) is 9.59 Å². The van der Waals surface area contributed by atoms with Crippen molar-refractivity contribution >= 4 is 34.3 Å². The molecule has 1 N–H and O–H groups in total. The van der Waals surface area contributed by atoms with Crippen LogP contribution in [-0.4, -0.2) is 26.2 Å². The fourth-order valence-electron chi connectivity index (χ4n) is 2.91. The van der Waals surface area contributed by atoms with Crippen molar-refractivity contribution in [1.82, 2.24) is 0 Å². The minimum Gasteiger partial charge on any atom is -0.464 e. The molecule has 0 aliphatic carbocycles. The third-order valence-electron chi connectivity index (χ3n) is 4.68. The molecule has 3 rings (SSSR count). The fraction of sp³-hybridized carbons (Fsp3) is 0.238. The number of furan rings is 1. The summed E-state index contributed by atoms with van der Waals surface area (Å²) < 4.78 is 10.3. The summed E-state index contributed by atoms with van der Waals surface area (Å²) in [5, 5.41) is 3.83. The number of carbonyl (C=O) groups is 2. The first kappa shape index (κ1) is 18.5. The average Bonchev–Trinajstić information content (AvgIpc) is 3.07. The number of amides is 2. The molecular formula is C21H22N2O4. The molecule has 1 aromatic heterocycles. The van der Waals surface area contributed by atoms with Gasteiger partial charge in [0, 0.05) is 29.4 Å². The average molecular weight is 366 g/mol. The summed E-state index contributed by atoms with van der Waals surface area (Å²) >= 11 is 0. The first-order valence-electron chi connectivity index (χ1n) is 8.58. The molecule has 0 spiro atoms. The summed E-state index contributed by atoms with van der Waals surface area (Å²) in [5.41, 5.74) is 5.25. The summed E-state index contributed by atoms with van der Waals surface area (Å²) in [6.07, 6.45) is 1.41. The molecular weight excluding hydrogens is 344 g/mol. The molecule has 140 valence electrons. The fourth-order valence-corrected chi connectivity index (χ4v) is 2.91. The predicted octanol–water partition coefficient (Wildman–Crippen LogP) is 4.43. The van der Waals surface area contributed by atoms with Crippen molar-refractivity contribution in [2.45, 2.75) is 20.3 Å². The first-order chi connectivity index (χ1) is 12.9. The summed E-state index contributed by atoms with van der Waals surface area (Å²) in [5.74, 6) is -0.134. The third kappa shape index (κ3) is 3.79. The highest BCUT2D eigenvalue weighted by Gasteiger charge is 2.14. The monoisotopic (exact) mass is 366 g/mol. The summed E-state index contributed by atoms with van der Waals surface area (Å²) in [6.45, 7) is 4.04. The van der Waals surface area contributed by atoms with E-state index in [1.54, 1.807) is 37.6 Å². The van der Waals surface area contributed by atoms with E-state index < -0.39 is 6.09 Å². The molecule has 2 amide bonds. The minimum atomic E-state index is -0.454. The molecule has 0 saturated heterocycles. The zero-order valence-corrected chi connectivity index (χ0v) is 15.8. The van der Waals surface area contributed by atoms with Crippen LogP contribution in [0.4, 0.5) is 16.2 Å². The summed E-state index contributed by atoms with van der Waals surface area (Å²) in [4.78, 5) is 25.3. The Morgan fingerprint density at radius 3 is 2.48 bits per heavy atom. The van der Waals surface area contributed by atoms with Gasteiger partial charge in [0.05, 0.1) is 19.8 Å². The van der Waals surface area contributed by atoms with E-state index in [1.165, 1.54) is 12.0 Å². The van der Waals surface area contributed by atoms with E-state index in [4.69, 9.17) is 4.42 Å². The Balaban J connectivity index is 1.69. The van der Waals surface area contributed by atoms with Gasteiger partial charge in [0.25, 0.3) is 0 Å². The zero-order chi connectivity index (χ0) is 19.6. The second kappa shape index (κ2) is 7.53. The van der Waals surface area contributed by atoms with Crippen molar-refractivity contribution in [2.24, 2.45) is 0 Å². The number of nitrogens with zero attached hydrogens (tertiary/aromatic N) is 1. The Morgan fingerprint density at radius 2 is 1.81 bits per heavy atom. The molecule has 27 heavy (non-hydrogen) atoms. The van der Waals surface area contributed by atoms with Gasteiger partial charge in [-0.3, -0.25) is 9.69 Å². The minimum absolute atomic E-state index is 0.134. The van der Waals surface area contributed by atoms with Crippen molar-refractivity contribution in [3.8, 4) is 0 Å². The van der Waals surface area contributed by atoms with Crippen molar-refractivity contribution < 1.29 is 18.7 Å². The van der Waals surface area contributed by atoms with Gasteiger partial charge in [0.2, 0.25) is 5.91 Å². The number of rotatable bonds is 4. The van der Waals surface area contributed by atoms with Crippen molar-refractivity contribution in [1.29, 1.82) is 0 Å². The molecule has 2 aromatic carbocycles. The summed E-state index contributed by atoms with van der Waals surface area (Å²) in [6, 6.07) is 11.0. The van der Waals surface area contributed by atoms with Gasteiger partial charge in [0.15, 0.2) is 0 Å². The molecule has 0 fully saturated rings. The van der Waals surface area contributed by atoms with Gasteiger partial charge in [-0.2, -0.15) is 0 Å². The second-order valence-electron chi connectivity index (χ2n) is 6.45. The van der Waals surface area contributed by atoms with Gasteiger partial charge in [-0.15, -0.1) is 0 Å².